The normalized spacial score (nSPS) is 19.3. The highest BCUT2D eigenvalue weighted by Crippen LogP contribution is 2.27. The maximum absolute atomic E-state index is 13.6. The van der Waals surface area contributed by atoms with Crippen molar-refractivity contribution in [1.29, 1.82) is 0 Å². The monoisotopic (exact) mass is 174 g/mol. The second kappa shape index (κ2) is 2.87. The van der Waals surface area contributed by atoms with Crippen LogP contribution in [-0.2, 0) is 5.67 Å². The van der Waals surface area contributed by atoms with Crippen LogP contribution in [0, 0.1) is 0 Å². The summed E-state index contributed by atoms with van der Waals surface area (Å²) in [5.74, 6) is 0. The molecule has 4 heteroatoms. The molecule has 2 N–H and O–H groups in total. The van der Waals surface area contributed by atoms with Gasteiger partial charge in [-0.3, -0.25) is 0 Å². The largest absolute Gasteiger partial charge is 0.325 e. The van der Waals surface area contributed by atoms with Crippen LogP contribution < -0.4 is 5.73 Å². The molecule has 0 saturated heterocycles. The van der Waals surface area contributed by atoms with Gasteiger partial charge in [0.15, 0.2) is 5.67 Å². The second-order valence-electron chi connectivity index (χ2n) is 2.75. The van der Waals surface area contributed by atoms with Crippen molar-refractivity contribution < 1.29 is 4.39 Å². The summed E-state index contributed by atoms with van der Waals surface area (Å²) in [7, 11) is 0. The van der Waals surface area contributed by atoms with Gasteiger partial charge >= 0.3 is 0 Å². The van der Waals surface area contributed by atoms with Crippen LogP contribution in [-0.4, -0.2) is 10.4 Å². The van der Waals surface area contributed by atoms with Gasteiger partial charge in [-0.25, -0.2) is 4.39 Å². The standard InChI is InChI=1S/C7H11FN2S/c1-5(9)7(2,8)6-3-4-11-10-6/h3-5H,9H2,1-2H3. The van der Waals surface area contributed by atoms with Crippen LogP contribution >= 0.6 is 11.5 Å². The molecule has 0 bridgehead atoms. The van der Waals surface area contributed by atoms with E-state index in [1.165, 1.54) is 18.5 Å². The minimum Gasteiger partial charge on any atom is -0.325 e. The molecule has 2 unspecified atom stereocenters. The maximum Gasteiger partial charge on any atom is 0.165 e. The number of aromatic nitrogens is 1. The zero-order valence-corrected chi connectivity index (χ0v) is 7.36. The number of rotatable bonds is 2. The first-order chi connectivity index (χ1) is 5.05. The summed E-state index contributed by atoms with van der Waals surface area (Å²) in [6.07, 6.45) is 0. The predicted octanol–water partition coefficient (Wildman–Crippen LogP) is 1.68. The number of nitrogens with two attached hydrogens (primary N) is 1. The van der Waals surface area contributed by atoms with E-state index in [-0.39, 0.29) is 0 Å². The van der Waals surface area contributed by atoms with Gasteiger partial charge in [-0.05, 0) is 31.4 Å². The van der Waals surface area contributed by atoms with Crippen molar-refractivity contribution in [1.82, 2.24) is 4.37 Å². The number of hydrogen-bond acceptors (Lipinski definition) is 3. The quantitative estimate of drug-likeness (QED) is 0.740. The van der Waals surface area contributed by atoms with Gasteiger partial charge in [0.1, 0.15) is 0 Å². The average Bonchev–Trinajstić information content (AvgIpc) is 2.37. The number of nitrogens with zero attached hydrogens (tertiary/aromatic N) is 1. The third-order valence-electron chi connectivity index (χ3n) is 1.79. The molecule has 2 atom stereocenters. The smallest absolute Gasteiger partial charge is 0.165 e. The van der Waals surface area contributed by atoms with Gasteiger partial charge in [-0.2, -0.15) is 4.37 Å². The van der Waals surface area contributed by atoms with Gasteiger partial charge in [0, 0.05) is 11.4 Å². The van der Waals surface area contributed by atoms with Gasteiger partial charge in [0.2, 0.25) is 0 Å². The lowest BCUT2D eigenvalue weighted by Gasteiger charge is -2.21. The SMILES string of the molecule is CC(N)C(C)(F)c1ccsn1. The van der Waals surface area contributed by atoms with Crippen molar-refractivity contribution in [2.75, 3.05) is 0 Å². The van der Waals surface area contributed by atoms with Crippen molar-refractivity contribution in [3.8, 4) is 0 Å². The van der Waals surface area contributed by atoms with Gasteiger partial charge in [0.05, 0.1) is 5.69 Å². The van der Waals surface area contributed by atoms with Crippen molar-refractivity contribution in [2.24, 2.45) is 5.73 Å². The predicted molar refractivity (Wildman–Crippen MR) is 44.2 cm³/mol. The molecule has 0 aliphatic carbocycles. The van der Waals surface area contributed by atoms with Crippen LogP contribution in [0.4, 0.5) is 4.39 Å². The first-order valence-electron chi connectivity index (χ1n) is 3.40. The minimum absolute atomic E-state index is 0.428. The summed E-state index contributed by atoms with van der Waals surface area (Å²) >= 11 is 1.24. The first-order valence-corrected chi connectivity index (χ1v) is 4.24. The molecule has 0 aliphatic rings. The van der Waals surface area contributed by atoms with E-state index in [1.807, 2.05) is 0 Å². The zero-order valence-electron chi connectivity index (χ0n) is 6.54. The Bertz CT molecular complexity index is 218. The molecule has 0 fully saturated rings. The maximum atomic E-state index is 13.6. The Morgan fingerprint density at radius 3 is 2.82 bits per heavy atom. The lowest BCUT2D eigenvalue weighted by Crippen LogP contribution is -2.37. The molecule has 0 saturated carbocycles. The van der Waals surface area contributed by atoms with E-state index in [1.54, 1.807) is 18.4 Å². The molecular weight excluding hydrogens is 163 g/mol. The molecule has 11 heavy (non-hydrogen) atoms. The van der Waals surface area contributed by atoms with Crippen molar-refractivity contribution in [3.63, 3.8) is 0 Å². The van der Waals surface area contributed by atoms with E-state index in [9.17, 15) is 4.39 Å². The first kappa shape index (κ1) is 8.62. The molecule has 0 spiro atoms. The molecule has 1 aromatic rings. The van der Waals surface area contributed by atoms with E-state index in [2.05, 4.69) is 4.37 Å². The highest BCUT2D eigenvalue weighted by molar-refractivity contribution is 7.03. The molecule has 62 valence electrons. The minimum atomic E-state index is -1.50. The van der Waals surface area contributed by atoms with Gasteiger partial charge in [0.25, 0.3) is 0 Å². The molecule has 1 rings (SSSR count). The van der Waals surface area contributed by atoms with Gasteiger partial charge in [-0.15, -0.1) is 0 Å². The van der Waals surface area contributed by atoms with E-state index in [0.29, 0.717) is 5.69 Å². The van der Waals surface area contributed by atoms with Crippen molar-refractivity contribution >= 4 is 11.5 Å². The van der Waals surface area contributed by atoms with Crippen LogP contribution in [0.5, 0.6) is 0 Å². The Morgan fingerprint density at radius 2 is 2.45 bits per heavy atom. The fourth-order valence-corrected chi connectivity index (χ4v) is 1.30. The van der Waals surface area contributed by atoms with E-state index >= 15 is 0 Å². The summed E-state index contributed by atoms with van der Waals surface area (Å²) < 4.78 is 17.5. The van der Waals surface area contributed by atoms with E-state index in [0.717, 1.165) is 0 Å². The van der Waals surface area contributed by atoms with Gasteiger partial charge in [-0.1, -0.05) is 0 Å². The summed E-state index contributed by atoms with van der Waals surface area (Å²) in [4.78, 5) is 0. The summed E-state index contributed by atoms with van der Waals surface area (Å²) in [5, 5.41) is 1.75. The zero-order chi connectivity index (χ0) is 8.48. The summed E-state index contributed by atoms with van der Waals surface area (Å²) in [6.45, 7) is 3.09. The molecular formula is C7H11FN2S. The highest BCUT2D eigenvalue weighted by atomic mass is 32.1. The third kappa shape index (κ3) is 1.57. The van der Waals surface area contributed by atoms with Crippen LogP contribution in [0.1, 0.15) is 19.5 Å². The summed E-state index contributed by atoms with van der Waals surface area (Å²) in [6, 6.07) is 1.14. The molecule has 0 aliphatic heterocycles. The van der Waals surface area contributed by atoms with Crippen LogP contribution in [0.2, 0.25) is 0 Å². The molecule has 1 aromatic heterocycles. The van der Waals surface area contributed by atoms with Crippen molar-refractivity contribution in [2.45, 2.75) is 25.6 Å². The lowest BCUT2D eigenvalue weighted by atomic mass is 9.97. The summed E-state index contributed by atoms with van der Waals surface area (Å²) in [5.41, 5.74) is 4.38. The third-order valence-corrected chi connectivity index (χ3v) is 2.35. The Morgan fingerprint density at radius 1 is 1.82 bits per heavy atom. The molecule has 0 amide bonds. The van der Waals surface area contributed by atoms with Crippen LogP contribution in [0.3, 0.4) is 0 Å². The van der Waals surface area contributed by atoms with E-state index in [4.69, 9.17) is 5.73 Å². The molecule has 0 radical (unpaired) electrons. The topological polar surface area (TPSA) is 38.9 Å². The highest BCUT2D eigenvalue weighted by Gasteiger charge is 2.32. The average molecular weight is 174 g/mol. The van der Waals surface area contributed by atoms with E-state index < -0.39 is 11.7 Å². The number of hydrogen-bond donors (Lipinski definition) is 1. The number of halogens is 1. The Balaban J connectivity index is 2.90. The van der Waals surface area contributed by atoms with Crippen molar-refractivity contribution in [3.05, 3.63) is 17.1 Å². The molecule has 0 aromatic carbocycles. The Hall–Kier alpha value is -0.480. The fraction of sp³-hybridized carbons (Fsp3) is 0.571. The fourth-order valence-electron chi connectivity index (χ4n) is 0.698. The van der Waals surface area contributed by atoms with Crippen LogP contribution in [0.25, 0.3) is 0 Å². The number of alkyl halides is 1. The lowest BCUT2D eigenvalue weighted by molar-refractivity contribution is 0.153. The molecule has 2 nitrogen and oxygen atoms in total. The Labute approximate surface area is 69.4 Å². The van der Waals surface area contributed by atoms with Crippen LogP contribution in [0.15, 0.2) is 11.4 Å². The molecule has 1 heterocycles. The Kier molecular flexibility index (Phi) is 2.25. The van der Waals surface area contributed by atoms with Gasteiger partial charge < -0.3 is 5.73 Å². The second-order valence-corrected chi connectivity index (χ2v) is 3.41.